The molecule has 0 heterocycles. The van der Waals surface area contributed by atoms with Gasteiger partial charge in [-0.05, 0) is 0 Å². The van der Waals surface area contributed by atoms with E-state index in [-0.39, 0.29) is 0 Å². The molecule has 1 aromatic carbocycles. The summed E-state index contributed by atoms with van der Waals surface area (Å²) in [4.78, 5) is 0. The maximum atomic E-state index is 12.7. The van der Waals surface area contributed by atoms with E-state index in [2.05, 4.69) is 0 Å². The van der Waals surface area contributed by atoms with Gasteiger partial charge in [0.2, 0.25) is 0 Å². The fourth-order valence-corrected chi connectivity index (χ4v) is 16.6. The minimum absolute atomic E-state index is 0.603. The first kappa shape index (κ1) is 19.6. The first-order valence-electron chi connectivity index (χ1n) is 5.07. The summed E-state index contributed by atoms with van der Waals surface area (Å²) in [5.74, 6) is 0. The molecule has 1 rings (SSSR count). The minimum atomic E-state index is -6.64. The SMILES string of the molecule is O=S(=O)(C(F)(F)F)[PH](P)(c1ccccc1)S(=O)(=O)C(F)(F)F. The molecule has 0 amide bonds. The molecule has 0 aliphatic heterocycles. The van der Waals surface area contributed by atoms with Gasteiger partial charge in [0.1, 0.15) is 0 Å². The summed E-state index contributed by atoms with van der Waals surface area (Å²) in [6.07, 6.45) is 0. The average Bonchev–Trinajstić information content (AvgIpc) is 2.35. The first-order chi connectivity index (χ1) is 9.61. The molecule has 1 aromatic rings. The number of hydrogen-bond acceptors (Lipinski definition) is 4. The summed E-state index contributed by atoms with van der Waals surface area (Å²) in [6.45, 7) is 0. The number of rotatable bonds is 3. The molecular formula is C8H8F6O4P2S2. The van der Waals surface area contributed by atoms with Crippen LogP contribution in [0, 0.1) is 0 Å². The average molecular weight is 408 g/mol. The molecule has 0 fully saturated rings. The molecule has 0 aliphatic rings. The van der Waals surface area contributed by atoms with Gasteiger partial charge < -0.3 is 0 Å². The molecule has 22 heavy (non-hydrogen) atoms. The van der Waals surface area contributed by atoms with E-state index in [1.165, 1.54) is 6.07 Å². The van der Waals surface area contributed by atoms with E-state index in [0.717, 1.165) is 21.1 Å². The second kappa shape index (κ2) is 5.58. The van der Waals surface area contributed by atoms with Gasteiger partial charge >= 0.3 is 123 Å². The van der Waals surface area contributed by atoms with Crippen molar-refractivity contribution in [3.63, 3.8) is 0 Å². The van der Waals surface area contributed by atoms with Gasteiger partial charge in [-0.2, -0.15) is 0 Å². The van der Waals surface area contributed by atoms with Crippen LogP contribution in [-0.2, 0) is 18.9 Å². The normalized spacial score (nSPS) is 15.6. The van der Waals surface area contributed by atoms with Crippen LogP contribution in [0.4, 0.5) is 26.3 Å². The van der Waals surface area contributed by atoms with Crippen LogP contribution in [0.25, 0.3) is 0 Å². The molecule has 0 saturated carbocycles. The summed E-state index contributed by atoms with van der Waals surface area (Å²) in [5, 5.41) is -7.30. The van der Waals surface area contributed by atoms with Crippen LogP contribution in [0.3, 0.4) is 0 Å². The van der Waals surface area contributed by atoms with Crippen molar-refractivity contribution in [2.24, 2.45) is 0 Å². The van der Waals surface area contributed by atoms with Gasteiger partial charge in [0.25, 0.3) is 0 Å². The van der Waals surface area contributed by atoms with Crippen LogP contribution in [0.1, 0.15) is 0 Å². The fourth-order valence-electron chi connectivity index (χ4n) is 1.47. The molecule has 14 heteroatoms. The van der Waals surface area contributed by atoms with Crippen molar-refractivity contribution in [2.75, 3.05) is 0 Å². The molecule has 0 bridgehead atoms. The Morgan fingerprint density at radius 1 is 0.773 bits per heavy atom. The summed E-state index contributed by atoms with van der Waals surface area (Å²) >= 11 is 0. The van der Waals surface area contributed by atoms with E-state index in [9.17, 15) is 43.2 Å². The molecular weight excluding hydrogens is 400 g/mol. The third-order valence-electron chi connectivity index (χ3n) is 2.58. The third kappa shape index (κ3) is 2.74. The molecule has 128 valence electrons. The quantitative estimate of drug-likeness (QED) is 0.570. The van der Waals surface area contributed by atoms with Crippen LogP contribution in [0.5, 0.6) is 0 Å². The van der Waals surface area contributed by atoms with Crippen molar-refractivity contribution < 1.29 is 43.2 Å². The maximum absolute atomic E-state index is 12.7. The van der Waals surface area contributed by atoms with Gasteiger partial charge in [0, 0.05) is 0 Å². The van der Waals surface area contributed by atoms with E-state index in [0.29, 0.717) is 12.1 Å². The summed E-state index contributed by atoms with van der Waals surface area (Å²) in [6, 6.07) is 4.28. The van der Waals surface area contributed by atoms with Crippen LogP contribution in [0.15, 0.2) is 30.3 Å². The van der Waals surface area contributed by atoms with Crippen molar-refractivity contribution in [1.82, 2.24) is 0 Å². The van der Waals surface area contributed by atoms with Gasteiger partial charge in [-0.1, -0.05) is 0 Å². The Morgan fingerprint density at radius 3 is 1.36 bits per heavy atom. The van der Waals surface area contributed by atoms with E-state index in [4.69, 9.17) is 0 Å². The molecule has 4 nitrogen and oxygen atoms in total. The van der Waals surface area contributed by atoms with E-state index < -0.39 is 40.6 Å². The number of halogens is 6. The zero-order valence-electron chi connectivity index (χ0n) is 10.2. The number of benzene rings is 1. The molecule has 1 atom stereocenters. The first-order valence-corrected chi connectivity index (χ1v) is 13.3. The van der Waals surface area contributed by atoms with Gasteiger partial charge in [0.15, 0.2) is 0 Å². The Bertz CT molecular complexity index is 710. The zero-order valence-corrected chi connectivity index (χ0v) is 14.0. The summed E-state index contributed by atoms with van der Waals surface area (Å²) in [5.41, 5.74) is -12.3. The molecule has 0 aromatic heterocycles. The Hall–Kier alpha value is -0.440. The predicted molar refractivity (Wildman–Crippen MR) is 74.1 cm³/mol. The molecule has 0 saturated heterocycles. The Kier molecular flexibility index (Phi) is 4.97. The van der Waals surface area contributed by atoms with Gasteiger partial charge in [0.05, 0.1) is 0 Å². The number of alkyl halides is 6. The van der Waals surface area contributed by atoms with Crippen LogP contribution < -0.4 is 5.30 Å². The Balaban J connectivity index is 3.95. The van der Waals surface area contributed by atoms with Crippen molar-refractivity contribution in [2.45, 2.75) is 11.0 Å². The fraction of sp³-hybridized carbons (Fsp3) is 0.250. The van der Waals surface area contributed by atoms with Gasteiger partial charge in [-0.15, -0.1) is 0 Å². The van der Waals surface area contributed by atoms with E-state index in [1.807, 2.05) is 0 Å². The van der Waals surface area contributed by atoms with Crippen LogP contribution >= 0.6 is 14.3 Å². The van der Waals surface area contributed by atoms with Crippen LogP contribution in [-0.4, -0.2) is 27.9 Å². The molecule has 0 radical (unpaired) electrons. The molecule has 0 N–H and O–H groups in total. The zero-order chi connectivity index (χ0) is 17.6. The molecule has 0 aliphatic carbocycles. The van der Waals surface area contributed by atoms with E-state index >= 15 is 0 Å². The van der Waals surface area contributed by atoms with Gasteiger partial charge in [-0.3, -0.25) is 0 Å². The standard InChI is InChI=1S/C8H8F6O4P2S2/c9-7(10,11)21(15,16)20(19,6-4-2-1-3-5-6)22(17,18)8(12,13)14/h1-5,20H,19H2. The second-order valence-corrected chi connectivity index (χ2v) is 21.8. The van der Waals surface area contributed by atoms with E-state index in [1.54, 1.807) is 0 Å². The summed E-state index contributed by atoms with van der Waals surface area (Å²) in [7, 11) is -12.5. The Morgan fingerprint density at radius 2 is 1.09 bits per heavy atom. The van der Waals surface area contributed by atoms with Crippen molar-refractivity contribution in [1.29, 1.82) is 0 Å². The monoisotopic (exact) mass is 408 g/mol. The third-order valence-corrected chi connectivity index (χ3v) is 24.7. The summed E-state index contributed by atoms with van der Waals surface area (Å²) < 4.78 is 123. The Labute approximate surface area is 123 Å². The number of hydrogen-bond donors (Lipinski definition) is 0. The molecule has 1 unspecified atom stereocenters. The van der Waals surface area contributed by atoms with Crippen molar-refractivity contribution >= 4 is 38.5 Å². The molecule has 0 spiro atoms. The van der Waals surface area contributed by atoms with Crippen molar-refractivity contribution in [3.8, 4) is 0 Å². The van der Waals surface area contributed by atoms with Crippen LogP contribution in [0.2, 0.25) is 0 Å². The predicted octanol–water partition coefficient (Wildman–Crippen LogP) is 2.55. The second-order valence-electron chi connectivity index (χ2n) is 3.93. The van der Waals surface area contributed by atoms with Crippen molar-refractivity contribution in [3.05, 3.63) is 30.3 Å². The topological polar surface area (TPSA) is 68.3 Å². The van der Waals surface area contributed by atoms with Gasteiger partial charge in [-0.25, -0.2) is 0 Å².